The lowest BCUT2D eigenvalue weighted by atomic mass is 10.0. The summed E-state index contributed by atoms with van der Waals surface area (Å²) in [6, 6.07) is 14.3. The van der Waals surface area contributed by atoms with E-state index in [1.54, 1.807) is 30.0 Å². The van der Waals surface area contributed by atoms with Crippen molar-refractivity contribution in [2.24, 2.45) is 15.9 Å². The molecule has 6 nitrogen and oxygen atoms in total. The van der Waals surface area contributed by atoms with Crippen LogP contribution >= 0.6 is 23.4 Å². The third kappa shape index (κ3) is 4.38. The van der Waals surface area contributed by atoms with Crippen LogP contribution in [0.3, 0.4) is 0 Å². The van der Waals surface area contributed by atoms with Gasteiger partial charge in [-0.3, -0.25) is 14.6 Å². The zero-order valence-corrected chi connectivity index (χ0v) is 19.1. The molecule has 2 atom stereocenters. The van der Waals surface area contributed by atoms with Crippen LogP contribution in [0.25, 0.3) is 0 Å². The maximum Gasteiger partial charge on any atom is 0.259 e. The van der Waals surface area contributed by atoms with Crippen LogP contribution < -0.4 is 5.32 Å². The van der Waals surface area contributed by atoms with Gasteiger partial charge in [0.05, 0.1) is 21.6 Å². The smallest absolute Gasteiger partial charge is 0.259 e. The Balaban J connectivity index is 1.60. The van der Waals surface area contributed by atoms with Crippen LogP contribution in [0, 0.1) is 5.92 Å². The average molecular weight is 455 g/mol. The topological polar surface area (TPSA) is 74.1 Å². The van der Waals surface area contributed by atoms with Gasteiger partial charge in [0.1, 0.15) is 11.9 Å². The van der Waals surface area contributed by atoms with Crippen molar-refractivity contribution in [3.05, 3.63) is 59.1 Å². The van der Waals surface area contributed by atoms with E-state index >= 15 is 0 Å². The van der Waals surface area contributed by atoms with E-state index in [0.717, 1.165) is 11.3 Å². The van der Waals surface area contributed by atoms with Crippen LogP contribution in [-0.4, -0.2) is 39.0 Å². The number of hydrogen-bond acceptors (Lipinski definition) is 5. The van der Waals surface area contributed by atoms with Gasteiger partial charge in [-0.25, -0.2) is 9.89 Å². The van der Waals surface area contributed by atoms with Crippen LogP contribution in [0.1, 0.15) is 32.8 Å². The van der Waals surface area contributed by atoms with Gasteiger partial charge in [0.25, 0.3) is 5.91 Å². The number of anilines is 1. The largest absolute Gasteiger partial charge is 0.324 e. The summed E-state index contributed by atoms with van der Waals surface area (Å²) in [7, 11) is 0. The third-order valence-corrected chi connectivity index (χ3v) is 6.41. The van der Waals surface area contributed by atoms with E-state index in [9.17, 15) is 9.59 Å². The number of carbonyl (C=O) groups excluding carboxylic acids is 2. The summed E-state index contributed by atoms with van der Waals surface area (Å²) in [6.45, 7) is 5.93. The molecule has 4 rings (SSSR count). The van der Waals surface area contributed by atoms with E-state index in [4.69, 9.17) is 21.6 Å². The minimum absolute atomic E-state index is 0.0943. The first-order chi connectivity index (χ1) is 14.8. The lowest BCUT2D eigenvalue weighted by Crippen LogP contribution is -2.42. The molecule has 0 bridgehead atoms. The van der Waals surface area contributed by atoms with Crippen molar-refractivity contribution >= 4 is 57.6 Å². The lowest BCUT2D eigenvalue weighted by Gasteiger charge is -2.27. The number of rotatable bonds is 5. The number of hydrogen-bond donors (Lipinski definition) is 1. The summed E-state index contributed by atoms with van der Waals surface area (Å²) in [6.07, 6.45) is 0.668. The van der Waals surface area contributed by atoms with E-state index in [1.165, 1.54) is 11.8 Å². The van der Waals surface area contributed by atoms with Crippen LogP contribution in [0.15, 0.2) is 58.5 Å². The van der Waals surface area contributed by atoms with E-state index in [-0.39, 0.29) is 11.8 Å². The molecule has 2 aliphatic heterocycles. The number of para-hydroxylation sites is 2. The van der Waals surface area contributed by atoms with Crippen molar-refractivity contribution in [2.45, 2.75) is 38.5 Å². The van der Waals surface area contributed by atoms with Crippen LogP contribution in [0.4, 0.5) is 11.4 Å². The first-order valence-electron chi connectivity index (χ1n) is 10.2. The second kappa shape index (κ2) is 8.85. The predicted molar refractivity (Wildman–Crippen MR) is 127 cm³/mol. The first kappa shape index (κ1) is 21.6. The maximum absolute atomic E-state index is 13.2. The normalized spacial score (nSPS) is 18.3. The molecule has 0 spiro atoms. The zero-order valence-electron chi connectivity index (χ0n) is 17.5. The molecular weight excluding hydrogens is 432 g/mol. The van der Waals surface area contributed by atoms with E-state index in [2.05, 4.69) is 19.2 Å². The Bertz CT molecular complexity index is 1100. The molecule has 0 radical (unpaired) electrons. The molecule has 0 aromatic heterocycles. The van der Waals surface area contributed by atoms with Crippen molar-refractivity contribution in [1.29, 1.82) is 0 Å². The highest BCUT2D eigenvalue weighted by Gasteiger charge is 2.42. The molecule has 2 aromatic rings. The summed E-state index contributed by atoms with van der Waals surface area (Å²) in [5.41, 5.74) is 2.13. The summed E-state index contributed by atoms with van der Waals surface area (Å²) >= 11 is 7.39. The molecular formula is C23H23ClN4O2S. The molecule has 0 fully saturated rings. The van der Waals surface area contributed by atoms with Crippen molar-refractivity contribution in [1.82, 2.24) is 4.90 Å². The van der Waals surface area contributed by atoms with Crippen molar-refractivity contribution in [2.75, 3.05) is 5.32 Å². The second-order valence-corrected chi connectivity index (χ2v) is 9.63. The molecule has 2 aliphatic rings. The van der Waals surface area contributed by atoms with Crippen molar-refractivity contribution < 1.29 is 9.59 Å². The Morgan fingerprint density at radius 3 is 2.61 bits per heavy atom. The highest BCUT2D eigenvalue weighted by atomic mass is 35.5. The number of halogens is 1. The molecule has 8 heteroatoms. The molecule has 0 saturated heterocycles. The van der Waals surface area contributed by atoms with Gasteiger partial charge in [0, 0.05) is 5.56 Å². The van der Waals surface area contributed by atoms with Crippen LogP contribution in [-0.2, 0) is 9.59 Å². The van der Waals surface area contributed by atoms with Gasteiger partial charge in [-0.2, -0.15) is 0 Å². The Hall–Kier alpha value is -2.64. The number of aliphatic imine (C=N–C) groups is 2. The molecule has 0 aliphatic carbocycles. The summed E-state index contributed by atoms with van der Waals surface area (Å²) in [5.74, 6) is 0.636. The molecule has 31 heavy (non-hydrogen) atoms. The summed E-state index contributed by atoms with van der Waals surface area (Å²) in [5, 5.41) is 3.28. The standard InChI is InChI=1S/C23H23ClN4O2S/c1-13(2)12-19-22(30)28-20(25-19)15-8-4-6-10-17(15)27-23(28)31-14(3)21(29)26-18-11-7-5-9-16(18)24/h4-11,13-14,19H,12H2,1-3H3,(H,26,29)/t14-,19-/m0/s1. The van der Waals surface area contributed by atoms with Gasteiger partial charge in [0.15, 0.2) is 5.17 Å². The molecule has 0 unspecified atom stereocenters. The van der Waals surface area contributed by atoms with Crippen LogP contribution in [0.5, 0.6) is 0 Å². The van der Waals surface area contributed by atoms with Gasteiger partial charge < -0.3 is 5.32 Å². The number of benzene rings is 2. The number of carbonyl (C=O) groups is 2. The monoisotopic (exact) mass is 454 g/mol. The van der Waals surface area contributed by atoms with Crippen LogP contribution in [0.2, 0.25) is 5.02 Å². The minimum Gasteiger partial charge on any atom is -0.324 e. The fraction of sp³-hybridized carbons (Fsp3) is 0.304. The Morgan fingerprint density at radius 1 is 1.16 bits per heavy atom. The molecule has 0 saturated carbocycles. The first-order valence-corrected chi connectivity index (χ1v) is 11.4. The summed E-state index contributed by atoms with van der Waals surface area (Å²) in [4.78, 5) is 37.0. The number of amides is 2. The van der Waals surface area contributed by atoms with Gasteiger partial charge in [-0.05, 0) is 43.5 Å². The number of fused-ring (bicyclic) bond motifs is 3. The molecule has 2 heterocycles. The van der Waals surface area contributed by atoms with E-state index in [0.29, 0.717) is 34.1 Å². The minimum atomic E-state index is -0.501. The molecule has 2 amide bonds. The number of amidine groups is 2. The Labute approximate surface area is 190 Å². The van der Waals surface area contributed by atoms with Gasteiger partial charge in [-0.15, -0.1) is 0 Å². The highest BCUT2D eigenvalue weighted by Crippen LogP contribution is 2.35. The summed E-state index contributed by atoms with van der Waals surface area (Å²) < 4.78 is 0. The van der Waals surface area contributed by atoms with Gasteiger partial charge in [0.2, 0.25) is 5.91 Å². The molecule has 160 valence electrons. The van der Waals surface area contributed by atoms with Gasteiger partial charge >= 0.3 is 0 Å². The molecule has 2 aromatic carbocycles. The SMILES string of the molecule is CC(C)C[C@@H]1N=C2c3ccccc3N=C(S[C@@H](C)C(=O)Nc3ccccc3Cl)N2C1=O. The quantitative estimate of drug-likeness (QED) is 0.682. The number of nitrogens with zero attached hydrogens (tertiary/aromatic N) is 3. The molecule has 1 N–H and O–H groups in total. The van der Waals surface area contributed by atoms with E-state index in [1.807, 2.05) is 30.3 Å². The lowest BCUT2D eigenvalue weighted by molar-refractivity contribution is -0.125. The number of nitrogens with one attached hydrogen (secondary N) is 1. The average Bonchev–Trinajstić information content (AvgIpc) is 3.06. The van der Waals surface area contributed by atoms with Crippen molar-refractivity contribution in [3.63, 3.8) is 0 Å². The number of thioether (sulfide) groups is 1. The second-order valence-electron chi connectivity index (χ2n) is 7.91. The Morgan fingerprint density at radius 2 is 1.87 bits per heavy atom. The van der Waals surface area contributed by atoms with Gasteiger partial charge in [-0.1, -0.05) is 61.5 Å². The fourth-order valence-corrected chi connectivity index (χ4v) is 4.59. The maximum atomic E-state index is 13.2. The highest BCUT2D eigenvalue weighted by molar-refractivity contribution is 8.15. The third-order valence-electron chi connectivity index (χ3n) is 5.03. The predicted octanol–water partition coefficient (Wildman–Crippen LogP) is 5.11. The van der Waals surface area contributed by atoms with E-state index < -0.39 is 11.3 Å². The van der Waals surface area contributed by atoms with Crippen molar-refractivity contribution in [3.8, 4) is 0 Å². The zero-order chi connectivity index (χ0) is 22.1. The fourth-order valence-electron chi connectivity index (χ4n) is 3.49. The Kier molecular flexibility index (Phi) is 6.16.